The van der Waals surface area contributed by atoms with Crippen molar-refractivity contribution < 1.29 is 13.5 Å². The first-order valence-electron chi connectivity index (χ1n) is 9.17. The molecule has 0 amide bonds. The Morgan fingerprint density at radius 1 is 1.24 bits per heavy atom. The fourth-order valence-electron chi connectivity index (χ4n) is 5.10. The van der Waals surface area contributed by atoms with E-state index >= 15 is 0 Å². The zero-order valence-electron chi connectivity index (χ0n) is 14.6. The van der Waals surface area contributed by atoms with Gasteiger partial charge in [-0.15, -0.1) is 0 Å². The molecule has 0 bridgehead atoms. The van der Waals surface area contributed by atoms with Gasteiger partial charge in [0.1, 0.15) is 0 Å². The first kappa shape index (κ1) is 17.8. The quantitative estimate of drug-likeness (QED) is 0.823. The predicted molar refractivity (Wildman–Crippen MR) is 99.7 cm³/mol. The van der Waals surface area contributed by atoms with E-state index in [0.717, 1.165) is 56.3 Å². The molecule has 4 rings (SSSR count). The Balaban J connectivity index is 1.60. The number of hydrogen-bond acceptors (Lipinski definition) is 4. The molecule has 2 heterocycles. The highest BCUT2D eigenvalue weighted by Gasteiger charge is 2.59. The summed E-state index contributed by atoms with van der Waals surface area (Å²) in [6.07, 6.45) is 4.31. The van der Waals surface area contributed by atoms with Crippen molar-refractivity contribution in [1.29, 1.82) is 0 Å². The lowest BCUT2D eigenvalue weighted by Crippen LogP contribution is -2.52. The van der Waals surface area contributed by atoms with Crippen LogP contribution < -0.4 is 5.32 Å². The summed E-state index contributed by atoms with van der Waals surface area (Å²) in [5.41, 5.74) is 1.22. The van der Waals surface area contributed by atoms with Crippen LogP contribution in [0.4, 0.5) is 0 Å². The van der Waals surface area contributed by atoms with Gasteiger partial charge in [0, 0.05) is 17.0 Å². The van der Waals surface area contributed by atoms with Crippen LogP contribution in [0.25, 0.3) is 0 Å². The number of halogens is 1. The first-order valence-corrected chi connectivity index (χ1v) is 11.3. The summed E-state index contributed by atoms with van der Waals surface area (Å²) >= 11 is 6.57. The summed E-state index contributed by atoms with van der Waals surface area (Å²) in [6, 6.07) is 5.87. The molecule has 1 saturated carbocycles. The van der Waals surface area contributed by atoms with Crippen LogP contribution in [0, 0.1) is 5.41 Å². The highest BCUT2D eigenvalue weighted by atomic mass is 35.5. The van der Waals surface area contributed by atoms with E-state index in [9.17, 15) is 13.5 Å². The predicted octanol–water partition coefficient (Wildman–Crippen LogP) is 3.20. The fourth-order valence-corrected chi connectivity index (χ4v) is 8.13. The molecule has 1 unspecified atom stereocenters. The van der Waals surface area contributed by atoms with E-state index in [4.69, 9.17) is 11.6 Å². The van der Waals surface area contributed by atoms with E-state index < -0.39 is 20.7 Å². The van der Waals surface area contributed by atoms with Crippen molar-refractivity contribution in [2.75, 3.05) is 18.8 Å². The molecule has 1 aromatic rings. The van der Waals surface area contributed by atoms with Gasteiger partial charge in [0.2, 0.25) is 0 Å². The molecule has 138 valence electrons. The van der Waals surface area contributed by atoms with E-state index in [0.29, 0.717) is 10.9 Å². The molecule has 25 heavy (non-hydrogen) atoms. The summed E-state index contributed by atoms with van der Waals surface area (Å²) in [4.78, 5) is 0. The fraction of sp³-hybridized carbons (Fsp3) is 0.684. The summed E-state index contributed by atoms with van der Waals surface area (Å²) in [5, 5.41) is 13.7. The van der Waals surface area contributed by atoms with Gasteiger partial charge in [-0.25, -0.2) is 8.42 Å². The van der Waals surface area contributed by atoms with E-state index in [1.807, 2.05) is 25.1 Å². The van der Waals surface area contributed by atoms with Crippen molar-refractivity contribution in [3.8, 4) is 0 Å². The Morgan fingerprint density at radius 2 is 1.96 bits per heavy atom. The van der Waals surface area contributed by atoms with Crippen LogP contribution in [0.3, 0.4) is 0 Å². The van der Waals surface area contributed by atoms with Gasteiger partial charge in [0.25, 0.3) is 0 Å². The lowest BCUT2D eigenvalue weighted by Gasteiger charge is -2.46. The molecule has 2 atom stereocenters. The molecule has 1 aromatic carbocycles. The minimum Gasteiger partial charge on any atom is -0.390 e. The number of benzene rings is 1. The molecule has 6 heteroatoms. The van der Waals surface area contributed by atoms with Crippen molar-refractivity contribution in [2.24, 2.45) is 5.41 Å². The van der Waals surface area contributed by atoms with Gasteiger partial charge in [0.05, 0.1) is 16.6 Å². The molecule has 0 aromatic heterocycles. The molecule has 0 radical (unpaired) electrons. The standard InChI is InChI=1S/C19H26ClNO3S/c1-18(22)6-4-13(5-7-18)15-3-2-14(10-16(15)20)17-19(8-9-21-11-19)12-25(17,23)24/h2-3,10,13,17,21-22H,4-9,11-12H2,1H3/t13?,17-,18?,19?/m1/s1. The van der Waals surface area contributed by atoms with Gasteiger partial charge in [-0.2, -0.15) is 0 Å². The smallest absolute Gasteiger partial charge is 0.158 e. The first-order chi connectivity index (χ1) is 11.7. The number of hydrogen-bond donors (Lipinski definition) is 2. The highest BCUT2D eigenvalue weighted by molar-refractivity contribution is 7.93. The third-order valence-electron chi connectivity index (χ3n) is 6.51. The molecule has 3 fully saturated rings. The van der Waals surface area contributed by atoms with Crippen molar-refractivity contribution in [3.63, 3.8) is 0 Å². The third kappa shape index (κ3) is 3.03. The second-order valence-corrected chi connectivity index (χ2v) is 11.0. The molecule has 2 aliphatic heterocycles. The summed E-state index contributed by atoms with van der Waals surface area (Å²) in [7, 11) is -3.07. The Bertz CT molecular complexity index is 774. The Hall–Kier alpha value is -0.620. The number of aliphatic hydroxyl groups is 1. The van der Waals surface area contributed by atoms with Crippen molar-refractivity contribution in [2.45, 2.75) is 55.8 Å². The summed E-state index contributed by atoms with van der Waals surface area (Å²) in [6.45, 7) is 3.55. The van der Waals surface area contributed by atoms with Crippen molar-refractivity contribution in [3.05, 3.63) is 34.3 Å². The molecular formula is C19H26ClNO3S. The van der Waals surface area contributed by atoms with Gasteiger partial charge < -0.3 is 10.4 Å². The maximum atomic E-state index is 12.5. The largest absolute Gasteiger partial charge is 0.390 e. The molecule has 2 saturated heterocycles. The SMILES string of the molecule is CC1(O)CCC(c2ccc([C@@H]3C4(CCNC4)CS3(=O)=O)cc2Cl)CC1. The average molecular weight is 384 g/mol. The van der Waals surface area contributed by atoms with Crippen molar-refractivity contribution >= 4 is 21.4 Å². The lowest BCUT2D eigenvalue weighted by atomic mass is 9.76. The van der Waals surface area contributed by atoms with E-state index in [2.05, 4.69) is 5.32 Å². The van der Waals surface area contributed by atoms with E-state index in [1.165, 1.54) is 0 Å². The molecule has 2 N–H and O–H groups in total. The second-order valence-electron chi connectivity index (χ2n) is 8.53. The van der Waals surface area contributed by atoms with Gasteiger partial charge >= 0.3 is 0 Å². The highest BCUT2D eigenvalue weighted by Crippen LogP contribution is 2.55. The second kappa shape index (κ2) is 5.95. The normalized spacial score (nSPS) is 40.1. The zero-order valence-corrected chi connectivity index (χ0v) is 16.2. The molecule has 1 spiro atoms. The molecule has 3 aliphatic rings. The van der Waals surface area contributed by atoms with Gasteiger partial charge in [0.15, 0.2) is 9.84 Å². The molecule has 4 nitrogen and oxygen atoms in total. The number of sulfone groups is 1. The van der Waals surface area contributed by atoms with Crippen LogP contribution in [0.1, 0.15) is 61.3 Å². The number of nitrogens with one attached hydrogen (secondary N) is 1. The van der Waals surface area contributed by atoms with Crippen LogP contribution in [0.15, 0.2) is 18.2 Å². The van der Waals surface area contributed by atoms with Gasteiger partial charge in [-0.05, 0) is 68.7 Å². The Kier molecular flexibility index (Phi) is 4.23. The van der Waals surface area contributed by atoms with Crippen LogP contribution in [0.2, 0.25) is 5.02 Å². The summed E-state index contributed by atoms with van der Waals surface area (Å²) < 4.78 is 24.9. The van der Waals surface area contributed by atoms with E-state index in [1.54, 1.807) is 0 Å². The summed E-state index contributed by atoms with van der Waals surface area (Å²) in [5.74, 6) is 0.635. The minimum atomic E-state index is -3.07. The Labute approximate surface area is 154 Å². The van der Waals surface area contributed by atoms with Gasteiger partial charge in [-0.1, -0.05) is 23.7 Å². The lowest BCUT2D eigenvalue weighted by molar-refractivity contribution is 0.0172. The zero-order chi connectivity index (χ0) is 17.9. The third-order valence-corrected chi connectivity index (χ3v) is 9.31. The monoisotopic (exact) mass is 383 g/mol. The van der Waals surface area contributed by atoms with Crippen LogP contribution >= 0.6 is 11.6 Å². The van der Waals surface area contributed by atoms with Crippen LogP contribution in [0.5, 0.6) is 0 Å². The molecule has 1 aliphatic carbocycles. The maximum Gasteiger partial charge on any atom is 0.158 e. The Morgan fingerprint density at radius 3 is 2.52 bits per heavy atom. The van der Waals surface area contributed by atoms with Gasteiger partial charge in [-0.3, -0.25) is 0 Å². The molecular weight excluding hydrogens is 358 g/mol. The minimum absolute atomic E-state index is 0.146. The average Bonchev–Trinajstić information content (AvgIpc) is 2.97. The van der Waals surface area contributed by atoms with E-state index in [-0.39, 0.29) is 11.2 Å². The van der Waals surface area contributed by atoms with Crippen LogP contribution in [-0.2, 0) is 9.84 Å². The topological polar surface area (TPSA) is 66.4 Å². The van der Waals surface area contributed by atoms with Crippen LogP contribution in [-0.4, -0.2) is 38.0 Å². The van der Waals surface area contributed by atoms with Crippen molar-refractivity contribution in [1.82, 2.24) is 5.32 Å². The number of rotatable bonds is 2. The maximum absolute atomic E-state index is 12.5.